The van der Waals surface area contributed by atoms with Gasteiger partial charge in [0.2, 0.25) is 5.95 Å². The third kappa shape index (κ3) is 8.83. The van der Waals surface area contributed by atoms with Crippen LogP contribution >= 0.6 is 0 Å². The van der Waals surface area contributed by atoms with Gasteiger partial charge in [-0.1, -0.05) is 12.1 Å². The minimum Gasteiger partial charge on any atom is -0.393 e. The summed E-state index contributed by atoms with van der Waals surface area (Å²) >= 11 is 0. The lowest BCUT2D eigenvalue weighted by Crippen LogP contribution is -2.35. The molecule has 1 saturated heterocycles. The average Bonchev–Trinajstić information content (AvgIpc) is 2.92. The fourth-order valence-electron chi connectivity index (χ4n) is 4.58. The molecular formula is C26H36F2N6O4. The van der Waals surface area contributed by atoms with Gasteiger partial charge in [0.15, 0.2) is 0 Å². The van der Waals surface area contributed by atoms with Crippen molar-refractivity contribution in [1.29, 1.82) is 0 Å². The van der Waals surface area contributed by atoms with Gasteiger partial charge in [-0.15, -0.1) is 0 Å². The highest BCUT2D eigenvalue weighted by Crippen LogP contribution is 2.25. The van der Waals surface area contributed by atoms with Crippen molar-refractivity contribution in [2.45, 2.75) is 44.9 Å². The maximum Gasteiger partial charge on any atom is 0.345 e. The van der Waals surface area contributed by atoms with Crippen LogP contribution in [0.5, 0.6) is 0 Å². The summed E-state index contributed by atoms with van der Waals surface area (Å²) in [5.74, 6) is 0.539. The monoisotopic (exact) mass is 534 g/mol. The highest BCUT2D eigenvalue weighted by Gasteiger charge is 2.21. The molecule has 0 bridgehead atoms. The molecule has 0 spiro atoms. The van der Waals surface area contributed by atoms with Gasteiger partial charge < -0.3 is 30.5 Å². The van der Waals surface area contributed by atoms with Crippen LogP contribution in [0.4, 0.5) is 26.2 Å². The van der Waals surface area contributed by atoms with Crippen LogP contribution in [-0.4, -0.2) is 84.6 Å². The van der Waals surface area contributed by atoms with Gasteiger partial charge in [0, 0.05) is 44.6 Å². The van der Waals surface area contributed by atoms with Crippen molar-refractivity contribution < 1.29 is 28.2 Å². The Balaban J connectivity index is 1.39. The molecule has 0 atom stereocenters. The van der Waals surface area contributed by atoms with Crippen molar-refractivity contribution >= 4 is 23.4 Å². The zero-order chi connectivity index (χ0) is 26.7. The number of aliphatic hydroxyl groups excluding tert-OH is 1. The van der Waals surface area contributed by atoms with Gasteiger partial charge in [-0.05, 0) is 49.3 Å². The fourth-order valence-corrected chi connectivity index (χ4v) is 4.58. The highest BCUT2D eigenvalue weighted by molar-refractivity contribution is 6.07. The van der Waals surface area contributed by atoms with Crippen molar-refractivity contribution in [3.05, 3.63) is 41.6 Å². The molecule has 38 heavy (non-hydrogen) atoms. The lowest BCUT2D eigenvalue weighted by Gasteiger charge is -2.26. The number of rotatable bonds is 12. The van der Waals surface area contributed by atoms with Gasteiger partial charge in [-0.2, -0.15) is 13.8 Å². The van der Waals surface area contributed by atoms with Gasteiger partial charge in [0.25, 0.3) is 5.91 Å². The van der Waals surface area contributed by atoms with E-state index in [0.717, 1.165) is 64.1 Å². The molecule has 1 aromatic carbocycles. The topological polar surface area (TPSA) is 121 Å². The van der Waals surface area contributed by atoms with Crippen LogP contribution < -0.4 is 16.0 Å². The van der Waals surface area contributed by atoms with Crippen LogP contribution in [0.1, 0.15) is 41.6 Å². The largest absolute Gasteiger partial charge is 0.393 e. The first-order chi connectivity index (χ1) is 18.5. The third-order valence-corrected chi connectivity index (χ3v) is 6.76. The first kappa shape index (κ1) is 28.1. The molecule has 1 aliphatic carbocycles. The second-order valence-electron chi connectivity index (χ2n) is 9.61. The first-order valence-electron chi connectivity index (χ1n) is 13.1. The van der Waals surface area contributed by atoms with E-state index >= 15 is 0 Å². The Kier molecular flexibility index (Phi) is 10.6. The maximum atomic E-state index is 13.2. The van der Waals surface area contributed by atoms with Gasteiger partial charge in [0.1, 0.15) is 11.4 Å². The number of hydrogen-bond donors (Lipinski definition) is 4. The maximum absolute atomic E-state index is 13.2. The molecule has 4 N–H and O–H groups in total. The molecular weight excluding hydrogens is 498 g/mol. The first-order valence-corrected chi connectivity index (χ1v) is 13.1. The number of hydrogen-bond acceptors (Lipinski definition) is 9. The van der Waals surface area contributed by atoms with Crippen LogP contribution in [0.15, 0.2) is 30.5 Å². The number of nitrogens with zero attached hydrogens (tertiary/aromatic N) is 3. The summed E-state index contributed by atoms with van der Waals surface area (Å²) in [6.07, 6.45) is 4.43. The van der Waals surface area contributed by atoms with E-state index in [1.54, 1.807) is 0 Å². The van der Waals surface area contributed by atoms with E-state index < -0.39 is 6.61 Å². The SMILES string of the molecule is O=C(Nc1ccc(CN2CCOCC2)cc1)c1cnc(NCCOC(F)F)nc1NCC1CCC(O)CC1. The molecule has 2 heterocycles. The summed E-state index contributed by atoms with van der Waals surface area (Å²) < 4.78 is 34.1. The van der Waals surface area contributed by atoms with Crippen LogP contribution in [0.2, 0.25) is 0 Å². The number of anilines is 3. The average molecular weight is 535 g/mol. The van der Waals surface area contributed by atoms with Crippen molar-refractivity contribution in [3.8, 4) is 0 Å². The smallest absolute Gasteiger partial charge is 0.345 e. The number of morpholine rings is 1. The number of alkyl halides is 2. The Morgan fingerprint density at radius 1 is 1.13 bits per heavy atom. The van der Waals surface area contributed by atoms with Crippen LogP contribution in [-0.2, 0) is 16.0 Å². The minimum absolute atomic E-state index is 0.0899. The summed E-state index contributed by atoms with van der Waals surface area (Å²) in [7, 11) is 0. The van der Waals surface area contributed by atoms with Crippen LogP contribution in [0.3, 0.4) is 0 Å². The lowest BCUT2D eigenvalue weighted by atomic mass is 9.87. The molecule has 2 fully saturated rings. The van der Waals surface area contributed by atoms with Gasteiger partial charge in [-0.25, -0.2) is 4.98 Å². The second kappa shape index (κ2) is 14.3. The van der Waals surface area contributed by atoms with Crippen molar-refractivity contribution in [2.75, 3.05) is 62.0 Å². The molecule has 0 unspecified atom stereocenters. The summed E-state index contributed by atoms with van der Waals surface area (Å²) in [6.45, 7) is 1.75. The molecule has 1 aromatic heterocycles. The Labute approximate surface area is 221 Å². The number of carbonyl (C=O) groups is 1. The number of halogens is 2. The van der Waals surface area contributed by atoms with Gasteiger partial charge in [0.05, 0.1) is 25.9 Å². The number of aliphatic hydroxyl groups is 1. The Bertz CT molecular complexity index is 1020. The van der Waals surface area contributed by atoms with Gasteiger partial charge in [-0.3, -0.25) is 9.69 Å². The molecule has 12 heteroatoms. The van der Waals surface area contributed by atoms with Crippen molar-refractivity contribution in [3.63, 3.8) is 0 Å². The molecule has 4 rings (SSSR count). The molecule has 2 aliphatic rings. The van der Waals surface area contributed by atoms with E-state index in [9.17, 15) is 18.7 Å². The lowest BCUT2D eigenvalue weighted by molar-refractivity contribution is -0.125. The summed E-state index contributed by atoms with van der Waals surface area (Å²) in [6, 6.07) is 7.72. The zero-order valence-electron chi connectivity index (χ0n) is 21.4. The number of nitrogens with one attached hydrogen (secondary N) is 3. The van der Waals surface area contributed by atoms with E-state index in [1.807, 2.05) is 24.3 Å². The second-order valence-corrected chi connectivity index (χ2v) is 9.61. The molecule has 10 nitrogen and oxygen atoms in total. The Hall–Kier alpha value is -2.93. The quantitative estimate of drug-likeness (QED) is 0.304. The summed E-state index contributed by atoms with van der Waals surface area (Å²) in [5.41, 5.74) is 2.08. The van der Waals surface area contributed by atoms with Crippen molar-refractivity contribution in [2.24, 2.45) is 5.92 Å². The van der Waals surface area contributed by atoms with Crippen LogP contribution in [0.25, 0.3) is 0 Å². The molecule has 1 aliphatic heterocycles. The third-order valence-electron chi connectivity index (χ3n) is 6.76. The minimum atomic E-state index is -2.84. The van der Waals surface area contributed by atoms with E-state index in [-0.39, 0.29) is 36.7 Å². The number of benzene rings is 1. The molecule has 1 amide bonds. The number of ether oxygens (including phenoxy) is 2. The Morgan fingerprint density at radius 2 is 1.87 bits per heavy atom. The molecule has 0 radical (unpaired) electrons. The zero-order valence-corrected chi connectivity index (χ0v) is 21.4. The molecule has 2 aromatic rings. The van der Waals surface area contributed by atoms with Crippen LogP contribution in [0, 0.1) is 5.92 Å². The van der Waals surface area contributed by atoms with Gasteiger partial charge >= 0.3 is 6.61 Å². The predicted molar refractivity (Wildman–Crippen MR) is 139 cm³/mol. The van der Waals surface area contributed by atoms with E-state index in [2.05, 4.69) is 35.6 Å². The number of carbonyl (C=O) groups excluding carboxylic acids is 1. The normalized spacial score (nSPS) is 20.3. The summed E-state index contributed by atoms with van der Waals surface area (Å²) in [4.78, 5) is 24.1. The molecule has 1 saturated carbocycles. The van der Waals surface area contributed by atoms with E-state index in [4.69, 9.17) is 4.74 Å². The van der Waals surface area contributed by atoms with E-state index in [1.165, 1.54) is 6.20 Å². The predicted octanol–water partition coefficient (Wildman–Crippen LogP) is 3.18. The highest BCUT2D eigenvalue weighted by atomic mass is 19.3. The molecule has 208 valence electrons. The number of aromatic nitrogens is 2. The Morgan fingerprint density at radius 3 is 2.58 bits per heavy atom. The summed E-state index contributed by atoms with van der Waals surface area (Å²) in [5, 5.41) is 18.8. The standard InChI is InChI=1S/C26H36F2N6O4/c27-25(28)38-12-9-29-26-31-16-22(23(33-26)30-15-18-3-7-21(35)8-4-18)24(36)32-20-5-1-19(2-6-20)17-34-10-13-37-14-11-34/h1-2,5-6,16,18,21,25,35H,3-4,7-15,17H2,(H,32,36)(H2,29,30,31,33). The van der Waals surface area contributed by atoms with E-state index in [0.29, 0.717) is 24.0 Å². The number of amides is 1. The van der Waals surface area contributed by atoms with Crippen molar-refractivity contribution in [1.82, 2.24) is 14.9 Å². The fraction of sp³-hybridized carbons (Fsp3) is 0.577.